The van der Waals surface area contributed by atoms with Gasteiger partial charge in [-0.15, -0.1) is 0 Å². The zero-order valence-corrected chi connectivity index (χ0v) is 10.8. The molecule has 1 heterocycles. The predicted octanol–water partition coefficient (Wildman–Crippen LogP) is -0.510. The summed E-state index contributed by atoms with van der Waals surface area (Å²) < 4.78 is 1.69. The molecule has 3 N–H and O–H groups in total. The van der Waals surface area contributed by atoms with Gasteiger partial charge in [-0.05, 0) is 20.5 Å². The van der Waals surface area contributed by atoms with E-state index in [9.17, 15) is 15.0 Å². The quantitative estimate of drug-likeness (QED) is 0.638. The molecule has 0 bridgehead atoms. The fourth-order valence-corrected chi connectivity index (χ4v) is 1.84. The maximum absolute atomic E-state index is 11.6. The number of rotatable bonds is 6. The van der Waals surface area contributed by atoms with E-state index in [2.05, 4.69) is 0 Å². The summed E-state index contributed by atoms with van der Waals surface area (Å²) in [4.78, 5) is 13.4. The number of aromatic hydroxyl groups is 1. The third kappa shape index (κ3) is 3.32. The van der Waals surface area contributed by atoms with Crippen molar-refractivity contribution in [2.24, 2.45) is 0 Å². The minimum Gasteiger partial charge on any atom is -0.503 e. The van der Waals surface area contributed by atoms with Crippen LogP contribution in [0, 0.1) is 0 Å². The summed E-state index contributed by atoms with van der Waals surface area (Å²) in [5, 5.41) is 28.0. The van der Waals surface area contributed by atoms with Crippen molar-refractivity contribution in [3.8, 4) is 5.75 Å². The van der Waals surface area contributed by atoms with Crippen LogP contribution < -0.4 is 5.43 Å². The van der Waals surface area contributed by atoms with Crippen LogP contribution >= 0.6 is 0 Å². The highest BCUT2D eigenvalue weighted by Crippen LogP contribution is 2.17. The molecule has 0 saturated heterocycles. The number of hydrogen-bond acceptors (Lipinski definition) is 5. The van der Waals surface area contributed by atoms with E-state index in [1.54, 1.807) is 4.57 Å². The summed E-state index contributed by atoms with van der Waals surface area (Å²) in [7, 11) is 3.65. The van der Waals surface area contributed by atoms with Crippen molar-refractivity contribution in [3.05, 3.63) is 27.7 Å². The zero-order valence-electron chi connectivity index (χ0n) is 10.8. The molecule has 0 aliphatic rings. The van der Waals surface area contributed by atoms with Gasteiger partial charge in [-0.25, -0.2) is 0 Å². The van der Waals surface area contributed by atoms with Crippen molar-refractivity contribution < 1.29 is 15.3 Å². The van der Waals surface area contributed by atoms with E-state index < -0.39 is 5.43 Å². The molecule has 0 saturated carbocycles. The Morgan fingerprint density at radius 1 is 1.33 bits per heavy atom. The van der Waals surface area contributed by atoms with E-state index in [1.807, 2.05) is 19.0 Å². The van der Waals surface area contributed by atoms with Crippen molar-refractivity contribution in [1.29, 1.82) is 0 Å². The first-order valence-electron chi connectivity index (χ1n) is 5.82. The average Bonchev–Trinajstić information content (AvgIpc) is 2.33. The molecule has 0 aromatic carbocycles. The third-order valence-electron chi connectivity index (χ3n) is 2.64. The molecule has 0 radical (unpaired) electrons. The van der Waals surface area contributed by atoms with Gasteiger partial charge in [0.15, 0.2) is 5.75 Å². The molecule has 0 fully saturated rings. The zero-order chi connectivity index (χ0) is 13.7. The first-order valence-corrected chi connectivity index (χ1v) is 5.82. The van der Waals surface area contributed by atoms with Crippen LogP contribution in [0.1, 0.15) is 17.8 Å². The second-order valence-corrected chi connectivity index (χ2v) is 4.42. The Labute approximate surface area is 106 Å². The molecular formula is C12H20N2O4. The maximum atomic E-state index is 11.6. The lowest BCUT2D eigenvalue weighted by molar-refractivity contribution is 0.252. The van der Waals surface area contributed by atoms with Gasteiger partial charge in [0.2, 0.25) is 5.43 Å². The lowest BCUT2D eigenvalue weighted by atomic mass is 10.2. The number of aliphatic hydroxyl groups is 2. The van der Waals surface area contributed by atoms with E-state index in [0.29, 0.717) is 30.9 Å². The van der Waals surface area contributed by atoms with Crippen molar-refractivity contribution in [2.75, 3.05) is 20.7 Å². The molecule has 1 aromatic heterocycles. The highest BCUT2D eigenvalue weighted by Gasteiger charge is 2.14. The van der Waals surface area contributed by atoms with Crippen LogP contribution in [-0.2, 0) is 19.7 Å². The first kappa shape index (κ1) is 14.7. The number of aromatic nitrogens is 1. The first-order chi connectivity index (χ1) is 8.51. The molecule has 6 nitrogen and oxygen atoms in total. The Kier molecular flexibility index (Phi) is 5.33. The van der Waals surface area contributed by atoms with Gasteiger partial charge < -0.3 is 24.8 Å². The van der Waals surface area contributed by atoms with Gasteiger partial charge in [0.05, 0.1) is 12.3 Å². The number of aliphatic hydroxyl groups excluding tert-OH is 2. The van der Waals surface area contributed by atoms with Gasteiger partial charge in [0.25, 0.3) is 0 Å². The van der Waals surface area contributed by atoms with Crippen LogP contribution in [0.5, 0.6) is 5.75 Å². The van der Waals surface area contributed by atoms with Crippen LogP contribution in [0.25, 0.3) is 0 Å². The molecular weight excluding hydrogens is 236 g/mol. The fraction of sp³-hybridized carbons (Fsp3) is 0.583. The van der Waals surface area contributed by atoms with E-state index in [1.165, 1.54) is 6.07 Å². The Morgan fingerprint density at radius 3 is 2.50 bits per heavy atom. The Hall–Kier alpha value is -1.37. The molecule has 0 spiro atoms. The lowest BCUT2D eigenvalue weighted by Crippen LogP contribution is -2.23. The monoisotopic (exact) mass is 256 g/mol. The maximum Gasteiger partial charge on any atom is 0.223 e. The standard InChI is InChI=1S/C12H20N2O4/c1-13(2)7-10-12(18)11(17)6-9(8-16)14(10)4-3-5-15/h6,15-16,18H,3-5,7-8H2,1-2H3. The Balaban J connectivity index is 3.30. The van der Waals surface area contributed by atoms with Gasteiger partial charge >= 0.3 is 0 Å². The largest absolute Gasteiger partial charge is 0.503 e. The second kappa shape index (κ2) is 6.53. The number of pyridine rings is 1. The minimum atomic E-state index is -0.490. The molecule has 0 aliphatic heterocycles. The molecule has 1 rings (SSSR count). The molecule has 18 heavy (non-hydrogen) atoms. The molecule has 1 aromatic rings. The van der Waals surface area contributed by atoms with E-state index in [0.717, 1.165) is 0 Å². The summed E-state index contributed by atoms with van der Waals surface area (Å²) in [6, 6.07) is 1.23. The summed E-state index contributed by atoms with van der Waals surface area (Å²) in [6.45, 7) is 0.574. The number of nitrogens with zero attached hydrogens (tertiary/aromatic N) is 2. The molecule has 0 atom stereocenters. The molecule has 102 valence electrons. The average molecular weight is 256 g/mol. The van der Waals surface area contributed by atoms with Crippen LogP contribution in [-0.4, -0.2) is 45.5 Å². The number of hydrogen-bond donors (Lipinski definition) is 3. The van der Waals surface area contributed by atoms with E-state index >= 15 is 0 Å². The predicted molar refractivity (Wildman–Crippen MR) is 67.4 cm³/mol. The van der Waals surface area contributed by atoms with Crippen LogP contribution in [0.2, 0.25) is 0 Å². The van der Waals surface area contributed by atoms with Crippen molar-refractivity contribution in [3.63, 3.8) is 0 Å². The van der Waals surface area contributed by atoms with Crippen molar-refractivity contribution in [1.82, 2.24) is 9.47 Å². The summed E-state index contributed by atoms with van der Waals surface area (Å²) >= 11 is 0. The highest BCUT2D eigenvalue weighted by molar-refractivity contribution is 5.30. The molecule has 6 heteroatoms. The van der Waals surface area contributed by atoms with E-state index in [4.69, 9.17) is 5.11 Å². The van der Waals surface area contributed by atoms with Gasteiger partial charge in [-0.3, -0.25) is 4.79 Å². The summed E-state index contributed by atoms with van der Waals surface area (Å²) in [5.74, 6) is -0.293. The Morgan fingerprint density at radius 2 is 2.00 bits per heavy atom. The summed E-state index contributed by atoms with van der Waals surface area (Å²) in [6.07, 6.45) is 0.496. The smallest absolute Gasteiger partial charge is 0.223 e. The van der Waals surface area contributed by atoms with Crippen molar-refractivity contribution in [2.45, 2.75) is 26.1 Å². The molecule has 0 aliphatic carbocycles. The lowest BCUT2D eigenvalue weighted by Gasteiger charge is -2.20. The van der Waals surface area contributed by atoms with Gasteiger partial charge in [0, 0.05) is 31.5 Å². The van der Waals surface area contributed by atoms with Crippen molar-refractivity contribution >= 4 is 0 Å². The summed E-state index contributed by atoms with van der Waals surface area (Å²) in [5.41, 5.74) is 0.421. The van der Waals surface area contributed by atoms with Gasteiger partial charge in [0.1, 0.15) is 0 Å². The van der Waals surface area contributed by atoms with Crippen LogP contribution in [0.15, 0.2) is 10.9 Å². The topological polar surface area (TPSA) is 85.9 Å². The second-order valence-electron chi connectivity index (χ2n) is 4.42. The highest BCUT2D eigenvalue weighted by atomic mass is 16.3. The van der Waals surface area contributed by atoms with Crippen LogP contribution in [0.4, 0.5) is 0 Å². The molecule has 0 unspecified atom stereocenters. The molecule has 0 amide bonds. The van der Waals surface area contributed by atoms with Gasteiger partial charge in [-0.2, -0.15) is 0 Å². The van der Waals surface area contributed by atoms with E-state index in [-0.39, 0.29) is 19.0 Å². The van der Waals surface area contributed by atoms with Gasteiger partial charge in [-0.1, -0.05) is 0 Å². The minimum absolute atomic E-state index is 0.0131. The Bertz CT molecular complexity index is 454. The fourth-order valence-electron chi connectivity index (χ4n) is 1.84. The third-order valence-corrected chi connectivity index (χ3v) is 2.64. The van der Waals surface area contributed by atoms with Crippen LogP contribution in [0.3, 0.4) is 0 Å². The SMILES string of the molecule is CN(C)Cc1c(O)c(=O)cc(CO)n1CCCO. The normalized spacial score (nSPS) is 11.2.